The first-order valence-corrected chi connectivity index (χ1v) is 7.79. The van der Waals surface area contributed by atoms with Gasteiger partial charge in [0.05, 0.1) is 5.92 Å². The lowest BCUT2D eigenvalue weighted by atomic mass is 9.97. The fourth-order valence-electron chi connectivity index (χ4n) is 2.33. The highest BCUT2D eigenvalue weighted by molar-refractivity contribution is 5.93. The minimum absolute atomic E-state index is 0.328. The van der Waals surface area contributed by atoms with Gasteiger partial charge in [-0.1, -0.05) is 43.3 Å². The summed E-state index contributed by atoms with van der Waals surface area (Å²) in [5, 5.41) is 2.51. The van der Waals surface area contributed by atoms with Gasteiger partial charge < -0.3 is 10.1 Å². The quantitative estimate of drug-likeness (QED) is 0.820. The van der Waals surface area contributed by atoms with Crippen LogP contribution in [0.2, 0.25) is 0 Å². The average molecular weight is 329 g/mol. The topological polar surface area (TPSA) is 55.4 Å². The molecule has 0 fully saturated rings. The Morgan fingerprint density at radius 2 is 1.88 bits per heavy atom. The lowest BCUT2D eigenvalue weighted by molar-refractivity contribution is -0.149. The van der Waals surface area contributed by atoms with Crippen molar-refractivity contribution in [1.29, 1.82) is 0 Å². The highest BCUT2D eigenvalue weighted by Crippen LogP contribution is 2.20. The summed E-state index contributed by atoms with van der Waals surface area (Å²) in [5.41, 5.74) is 1.67. The van der Waals surface area contributed by atoms with Crippen LogP contribution in [0.3, 0.4) is 0 Å². The Morgan fingerprint density at radius 3 is 2.50 bits per heavy atom. The van der Waals surface area contributed by atoms with Crippen molar-refractivity contribution < 1.29 is 18.7 Å². The lowest BCUT2D eigenvalue weighted by Crippen LogP contribution is -2.24. The van der Waals surface area contributed by atoms with Crippen molar-refractivity contribution in [3.63, 3.8) is 0 Å². The highest BCUT2D eigenvalue weighted by atomic mass is 19.1. The van der Waals surface area contributed by atoms with Crippen LogP contribution in [-0.4, -0.2) is 18.5 Å². The number of amides is 1. The molecule has 0 aromatic heterocycles. The summed E-state index contributed by atoms with van der Waals surface area (Å²) >= 11 is 0. The van der Waals surface area contributed by atoms with Crippen LogP contribution in [0, 0.1) is 12.7 Å². The zero-order valence-electron chi connectivity index (χ0n) is 13.7. The molecular weight excluding hydrogens is 309 g/mol. The first-order chi connectivity index (χ1) is 11.5. The molecule has 0 spiro atoms. The summed E-state index contributed by atoms with van der Waals surface area (Å²) in [5.74, 6) is -1.76. The molecule has 0 aliphatic rings. The number of carbonyl (C=O) groups is 2. The molecule has 0 saturated carbocycles. The maximum absolute atomic E-state index is 13.4. The molecule has 1 amide bonds. The van der Waals surface area contributed by atoms with Gasteiger partial charge in [-0.15, -0.1) is 0 Å². The first kappa shape index (κ1) is 17.7. The number of nitrogens with one attached hydrogen (secondary N) is 1. The van der Waals surface area contributed by atoms with Crippen molar-refractivity contribution in [2.45, 2.75) is 26.2 Å². The second kappa shape index (κ2) is 8.24. The van der Waals surface area contributed by atoms with E-state index in [0.717, 1.165) is 5.56 Å². The van der Waals surface area contributed by atoms with E-state index in [1.54, 1.807) is 19.1 Å². The molecule has 0 radical (unpaired) electrons. The third-order valence-corrected chi connectivity index (χ3v) is 3.70. The van der Waals surface area contributed by atoms with Crippen molar-refractivity contribution in [1.82, 2.24) is 0 Å². The number of hydrogen-bond donors (Lipinski definition) is 1. The normalized spacial score (nSPS) is 11.6. The Bertz CT molecular complexity index is 716. The number of rotatable bonds is 6. The molecule has 1 N–H and O–H groups in total. The highest BCUT2D eigenvalue weighted by Gasteiger charge is 2.21. The fraction of sp³-hybridized carbons (Fsp3) is 0.263. The fourth-order valence-corrected chi connectivity index (χ4v) is 2.33. The standard InChI is InChI=1S/C19H20FNO3/c1-3-16(14-7-5-4-6-8-14)19(23)24-12-18(22)21-15-10-9-13(2)17(20)11-15/h4-11,16H,3,12H2,1-2H3,(H,21,22)/t16-/m1/s1. The lowest BCUT2D eigenvalue weighted by Gasteiger charge is -2.14. The van der Waals surface area contributed by atoms with Crippen LogP contribution in [0.1, 0.15) is 30.4 Å². The molecule has 4 nitrogen and oxygen atoms in total. The van der Waals surface area contributed by atoms with Gasteiger partial charge >= 0.3 is 5.97 Å². The van der Waals surface area contributed by atoms with Crippen LogP contribution in [-0.2, 0) is 14.3 Å². The van der Waals surface area contributed by atoms with Gasteiger partial charge in [-0.25, -0.2) is 4.39 Å². The SMILES string of the molecule is CC[C@@H](C(=O)OCC(=O)Nc1ccc(C)c(F)c1)c1ccccc1. The monoisotopic (exact) mass is 329 g/mol. The summed E-state index contributed by atoms with van der Waals surface area (Å²) < 4.78 is 18.5. The maximum atomic E-state index is 13.4. The molecule has 2 aromatic carbocycles. The maximum Gasteiger partial charge on any atom is 0.313 e. The van der Waals surface area contributed by atoms with Crippen LogP contribution in [0.5, 0.6) is 0 Å². The average Bonchev–Trinajstić information content (AvgIpc) is 2.58. The number of halogens is 1. The van der Waals surface area contributed by atoms with Gasteiger partial charge in [0.2, 0.25) is 0 Å². The Labute approximate surface area is 140 Å². The third-order valence-electron chi connectivity index (χ3n) is 3.70. The molecule has 0 bridgehead atoms. The van der Waals surface area contributed by atoms with E-state index in [-0.39, 0.29) is 0 Å². The number of carbonyl (C=O) groups excluding carboxylic acids is 2. The van der Waals surface area contributed by atoms with Gasteiger partial charge in [0.15, 0.2) is 6.61 Å². The number of aryl methyl sites for hydroxylation is 1. The number of esters is 1. The van der Waals surface area contributed by atoms with Crippen molar-refractivity contribution in [2.75, 3.05) is 11.9 Å². The van der Waals surface area contributed by atoms with E-state index in [1.165, 1.54) is 6.07 Å². The van der Waals surface area contributed by atoms with Crippen molar-refractivity contribution in [3.05, 3.63) is 65.5 Å². The molecule has 0 heterocycles. The van der Waals surface area contributed by atoms with E-state index >= 15 is 0 Å². The summed E-state index contributed by atoms with van der Waals surface area (Å²) in [4.78, 5) is 24.0. The Hall–Kier alpha value is -2.69. The molecule has 126 valence electrons. The van der Waals surface area contributed by atoms with Crippen LogP contribution >= 0.6 is 0 Å². The summed E-state index contributed by atoms with van der Waals surface area (Å²) in [7, 11) is 0. The number of hydrogen-bond acceptors (Lipinski definition) is 3. The van der Waals surface area contributed by atoms with E-state index < -0.39 is 30.2 Å². The van der Waals surface area contributed by atoms with Gasteiger partial charge in [0, 0.05) is 5.69 Å². The Morgan fingerprint density at radius 1 is 1.17 bits per heavy atom. The Balaban J connectivity index is 1.90. The van der Waals surface area contributed by atoms with E-state index in [0.29, 0.717) is 17.7 Å². The van der Waals surface area contributed by atoms with Crippen molar-refractivity contribution in [2.24, 2.45) is 0 Å². The van der Waals surface area contributed by atoms with Gasteiger partial charge in [-0.3, -0.25) is 9.59 Å². The van der Waals surface area contributed by atoms with Crippen molar-refractivity contribution in [3.8, 4) is 0 Å². The van der Waals surface area contributed by atoms with Crippen molar-refractivity contribution >= 4 is 17.6 Å². The molecular formula is C19H20FNO3. The number of anilines is 1. The van der Waals surface area contributed by atoms with Gasteiger partial charge in [-0.2, -0.15) is 0 Å². The second-order valence-corrected chi connectivity index (χ2v) is 5.49. The summed E-state index contributed by atoms with van der Waals surface area (Å²) in [6.45, 7) is 3.11. The van der Waals surface area contributed by atoms with Crippen LogP contribution in [0.4, 0.5) is 10.1 Å². The molecule has 0 unspecified atom stereocenters. The smallest absolute Gasteiger partial charge is 0.313 e. The molecule has 5 heteroatoms. The predicted molar refractivity (Wildman–Crippen MR) is 90.2 cm³/mol. The van der Waals surface area contributed by atoms with Gasteiger partial charge in [0.25, 0.3) is 5.91 Å². The summed E-state index contributed by atoms with van der Waals surface area (Å²) in [6.07, 6.45) is 0.577. The minimum Gasteiger partial charge on any atom is -0.455 e. The second-order valence-electron chi connectivity index (χ2n) is 5.49. The van der Waals surface area contributed by atoms with E-state index in [9.17, 15) is 14.0 Å². The van der Waals surface area contributed by atoms with Crippen LogP contribution < -0.4 is 5.32 Å². The van der Waals surface area contributed by atoms with Crippen LogP contribution in [0.15, 0.2) is 48.5 Å². The summed E-state index contributed by atoms with van der Waals surface area (Å²) in [6, 6.07) is 13.7. The molecule has 1 atom stereocenters. The van der Waals surface area contributed by atoms with E-state index in [2.05, 4.69) is 5.32 Å². The van der Waals surface area contributed by atoms with Gasteiger partial charge in [0.1, 0.15) is 5.82 Å². The van der Waals surface area contributed by atoms with Crippen LogP contribution in [0.25, 0.3) is 0 Å². The predicted octanol–water partition coefficient (Wildman–Crippen LogP) is 3.81. The number of ether oxygens (including phenoxy) is 1. The zero-order chi connectivity index (χ0) is 17.5. The molecule has 0 aliphatic heterocycles. The van der Waals surface area contributed by atoms with E-state index in [1.807, 2.05) is 37.3 Å². The Kier molecular flexibility index (Phi) is 6.07. The number of benzene rings is 2. The molecule has 0 aliphatic carbocycles. The molecule has 2 rings (SSSR count). The molecule has 0 saturated heterocycles. The third kappa shape index (κ3) is 4.65. The zero-order valence-corrected chi connectivity index (χ0v) is 13.7. The van der Waals surface area contributed by atoms with E-state index in [4.69, 9.17) is 4.74 Å². The molecule has 24 heavy (non-hydrogen) atoms. The van der Waals surface area contributed by atoms with Gasteiger partial charge in [-0.05, 0) is 36.6 Å². The minimum atomic E-state index is -0.505. The first-order valence-electron chi connectivity index (χ1n) is 7.79. The largest absolute Gasteiger partial charge is 0.455 e. The molecule has 2 aromatic rings.